The number of carbonyl (C=O) groups excluding carboxylic acids is 1. The van der Waals surface area contributed by atoms with E-state index in [0.29, 0.717) is 5.69 Å². The van der Waals surface area contributed by atoms with Gasteiger partial charge in [-0.15, -0.1) is 11.3 Å². The first kappa shape index (κ1) is 12.9. The standard InChI is InChI=1S/C15H15N3OS/c1-9-4-10(2)6-12(5-9)16-14(19)13-7-18-11(3)8-20-15(18)17-13/h4-8H,1-3H3,(H,16,19). The fourth-order valence-electron chi connectivity index (χ4n) is 2.25. The number of hydrogen-bond donors (Lipinski definition) is 1. The van der Waals surface area contributed by atoms with Crippen LogP contribution in [0.25, 0.3) is 4.96 Å². The fraction of sp³-hybridized carbons (Fsp3) is 0.200. The molecule has 0 unspecified atom stereocenters. The van der Waals surface area contributed by atoms with Crippen molar-refractivity contribution in [1.29, 1.82) is 0 Å². The number of hydrogen-bond acceptors (Lipinski definition) is 3. The van der Waals surface area contributed by atoms with Gasteiger partial charge < -0.3 is 5.32 Å². The number of benzene rings is 1. The van der Waals surface area contributed by atoms with Crippen LogP contribution in [0.1, 0.15) is 27.3 Å². The molecule has 0 radical (unpaired) electrons. The number of thiazole rings is 1. The van der Waals surface area contributed by atoms with Gasteiger partial charge in [-0.25, -0.2) is 4.98 Å². The lowest BCUT2D eigenvalue weighted by Crippen LogP contribution is -2.12. The molecule has 102 valence electrons. The lowest BCUT2D eigenvalue weighted by atomic mass is 10.1. The first-order valence-electron chi connectivity index (χ1n) is 6.36. The van der Waals surface area contributed by atoms with Gasteiger partial charge in [-0.3, -0.25) is 9.20 Å². The molecule has 0 spiro atoms. The molecule has 2 heterocycles. The smallest absolute Gasteiger partial charge is 0.275 e. The first-order chi connectivity index (χ1) is 9.52. The molecule has 0 bridgehead atoms. The molecule has 20 heavy (non-hydrogen) atoms. The van der Waals surface area contributed by atoms with E-state index in [0.717, 1.165) is 27.5 Å². The van der Waals surface area contributed by atoms with Crippen LogP contribution in [0, 0.1) is 20.8 Å². The second-order valence-corrected chi connectivity index (χ2v) is 5.82. The molecule has 3 rings (SSSR count). The minimum atomic E-state index is -0.176. The summed E-state index contributed by atoms with van der Waals surface area (Å²) in [6.07, 6.45) is 1.78. The molecule has 0 fully saturated rings. The maximum atomic E-state index is 12.2. The number of nitrogens with zero attached hydrogens (tertiary/aromatic N) is 2. The molecule has 0 atom stereocenters. The molecule has 2 aromatic heterocycles. The summed E-state index contributed by atoms with van der Waals surface area (Å²) in [4.78, 5) is 17.4. The van der Waals surface area contributed by atoms with Crippen LogP contribution in [0.3, 0.4) is 0 Å². The summed E-state index contributed by atoms with van der Waals surface area (Å²) in [6.45, 7) is 6.02. The molecule has 1 aromatic carbocycles. The van der Waals surface area contributed by atoms with Crippen LogP contribution in [0.15, 0.2) is 29.8 Å². The van der Waals surface area contributed by atoms with E-state index in [1.807, 2.05) is 42.7 Å². The highest BCUT2D eigenvalue weighted by atomic mass is 32.1. The zero-order valence-electron chi connectivity index (χ0n) is 11.6. The van der Waals surface area contributed by atoms with Gasteiger partial charge in [0.1, 0.15) is 5.69 Å². The molecule has 0 saturated heterocycles. The van der Waals surface area contributed by atoms with Gasteiger partial charge in [0.25, 0.3) is 5.91 Å². The van der Waals surface area contributed by atoms with Crippen LogP contribution in [-0.4, -0.2) is 15.3 Å². The summed E-state index contributed by atoms with van der Waals surface area (Å²) in [5.41, 5.74) is 4.59. The molecule has 3 aromatic rings. The van der Waals surface area contributed by atoms with Gasteiger partial charge in [0.15, 0.2) is 4.96 Å². The van der Waals surface area contributed by atoms with E-state index in [1.165, 1.54) is 11.3 Å². The van der Waals surface area contributed by atoms with Crippen LogP contribution < -0.4 is 5.32 Å². The zero-order valence-corrected chi connectivity index (χ0v) is 12.4. The van der Waals surface area contributed by atoms with Crippen molar-refractivity contribution in [3.63, 3.8) is 0 Å². The second-order valence-electron chi connectivity index (χ2n) is 4.99. The molecule has 4 nitrogen and oxygen atoms in total. The van der Waals surface area contributed by atoms with Crippen molar-refractivity contribution in [2.75, 3.05) is 5.32 Å². The fourth-order valence-corrected chi connectivity index (χ4v) is 3.10. The Kier molecular flexibility index (Phi) is 3.06. The average molecular weight is 285 g/mol. The van der Waals surface area contributed by atoms with Crippen molar-refractivity contribution in [2.45, 2.75) is 20.8 Å². The van der Waals surface area contributed by atoms with Gasteiger partial charge >= 0.3 is 0 Å². The Bertz CT molecular complexity index is 780. The molecule has 0 saturated carbocycles. The largest absolute Gasteiger partial charge is 0.321 e. The van der Waals surface area contributed by atoms with Gasteiger partial charge in [0, 0.05) is 23.0 Å². The van der Waals surface area contributed by atoms with Crippen molar-refractivity contribution < 1.29 is 4.79 Å². The lowest BCUT2D eigenvalue weighted by Gasteiger charge is -2.05. The second kappa shape index (κ2) is 4.76. The maximum Gasteiger partial charge on any atom is 0.275 e. The highest BCUT2D eigenvalue weighted by Crippen LogP contribution is 2.18. The Morgan fingerprint density at radius 3 is 2.55 bits per heavy atom. The van der Waals surface area contributed by atoms with Gasteiger partial charge in [-0.1, -0.05) is 6.07 Å². The first-order valence-corrected chi connectivity index (χ1v) is 7.24. The van der Waals surface area contributed by atoms with Gasteiger partial charge in [0.05, 0.1) is 0 Å². The zero-order chi connectivity index (χ0) is 14.3. The third-order valence-corrected chi connectivity index (χ3v) is 4.06. The van der Waals surface area contributed by atoms with Crippen LogP contribution >= 0.6 is 11.3 Å². The van der Waals surface area contributed by atoms with Crippen LogP contribution in [0.5, 0.6) is 0 Å². The topological polar surface area (TPSA) is 46.4 Å². The average Bonchev–Trinajstić information content (AvgIpc) is 2.91. The monoisotopic (exact) mass is 285 g/mol. The number of fused-ring (bicyclic) bond motifs is 1. The molecule has 1 amide bonds. The van der Waals surface area contributed by atoms with Crippen molar-refractivity contribution in [3.8, 4) is 0 Å². The third-order valence-electron chi connectivity index (χ3n) is 3.10. The molecule has 0 aliphatic carbocycles. The van der Waals surface area contributed by atoms with Crippen molar-refractivity contribution in [2.24, 2.45) is 0 Å². The van der Waals surface area contributed by atoms with Crippen LogP contribution in [-0.2, 0) is 0 Å². The third kappa shape index (κ3) is 2.32. The highest BCUT2D eigenvalue weighted by molar-refractivity contribution is 7.15. The van der Waals surface area contributed by atoms with E-state index in [4.69, 9.17) is 0 Å². The normalized spacial score (nSPS) is 10.9. The number of aromatic nitrogens is 2. The number of carbonyl (C=O) groups is 1. The van der Waals surface area contributed by atoms with Gasteiger partial charge in [-0.05, 0) is 44.0 Å². The number of imidazole rings is 1. The predicted molar refractivity (Wildman–Crippen MR) is 81.7 cm³/mol. The van der Waals surface area contributed by atoms with Gasteiger partial charge in [-0.2, -0.15) is 0 Å². The number of rotatable bonds is 2. The Morgan fingerprint density at radius 1 is 1.20 bits per heavy atom. The SMILES string of the molecule is Cc1cc(C)cc(NC(=O)c2cn3c(C)csc3n2)c1. The minimum Gasteiger partial charge on any atom is -0.321 e. The predicted octanol–water partition coefficient (Wildman–Crippen LogP) is 3.57. The van der Waals surface area contributed by atoms with Gasteiger partial charge in [0.2, 0.25) is 0 Å². The Balaban J connectivity index is 1.88. The molecular weight excluding hydrogens is 270 g/mol. The summed E-state index contributed by atoms with van der Waals surface area (Å²) in [5.74, 6) is -0.176. The molecule has 0 aliphatic rings. The number of nitrogens with one attached hydrogen (secondary N) is 1. The number of amides is 1. The lowest BCUT2D eigenvalue weighted by molar-refractivity contribution is 0.102. The number of aryl methyl sites for hydroxylation is 3. The summed E-state index contributed by atoms with van der Waals surface area (Å²) >= 11 is 1.54. The van der Waals surface area contributed by atoms with E-state index >= 15 is 0 Å². The summed E-state index contributed by atoms with van der Waals surface area (Å²) in [6, 6.07) is 5.98. The number of anilines is 1. The molecular formula is C15H15N3OS. The minimum absolute atomic E-state index is 0.176. The van der Waals surface area contributed by atoms with E-state index in [2.05, 4.69) is 16.4 Å². The highest BCUT2D eigenvalue weighted by Gasteiger charge is 2.13. The van der Waals surface area contributed by atoms with E-state index < -0.39 is 0 Å². The van der Waals surface area contributed by atoms with E-state index in [9.17, 15) is 4.79 Å². The molecule has 5 heteroatoms. The quantitative estimate of drug-likeness (QED) is 0.782. The van der Waals surface area contributed by atoms with Crippen molar-refractivity contribution in [1.82, 2.24) is 9.38 Å². The summed E-state index contributed by atoms with van der Waals surface area (Å²) in [5, 5.41) is 4.92. The van der Waals surface area contributed by atoms with E-state index in [1.54, 1.807) is 6.20 Å². The molecule has 1 N–H and O–H groups in total. The van der Waals surface area contributed by atoms with Crippen LogP contribution in [0.4, 0.5) is 5.69 Å². The van der Waals surface area contributed by atoms with Crippen LogP contribution in [0.2, 0.25) is 0 Å². The Labute approximate surface area is 121 Å². The Morgan fingerprint density at radius 2 is 1.90 bits per heavy atom. The summed E-state index contributed by atoms with van der Waals surface area (Å²) < 4.78 is 1.93. The van der Waals surface area contributed by atoms with E-state index in [-0.39, 0.29) is 5.91 Å². The van der Waals surface area contributed by atoms with Crippen molar-refractivity contribution >= 4 is 27.9 Å². The van der Waals surface area contributed by atoms with Crippen molar-refractivity contribution in [3.05, 3.63) is 52.3 Å². The summed E-state index contributed by atoms with van der Waals surface area (Å²) in [7, 11) is 0. The Hall–Kier alpha value is -2.14. The molecule has 0 aliphatic heterocycles. The maximum absolute atomic E-state index is 12.2.